The molecule has 0 aromatic carbocycles. The Morgan fingerprint density at radius 2 is 1.96 bits per heavy atom. The lowest BCUT2D eigenvalue weighted by molar-refractivity contribution is 0.0287. The van der Waals surface area contributed by atoms with Gasteiger partial charge in [-0.15, -0.1) is 0 Å². The molecule has 0 spiro atoms. The minimum Gasteiger partial charge on any atom is -0.444 e. The molecule has 23 heavy (non-hydrogen) atoms. The first-order valence-electron chi connectivity index (χ1n) is 9.04. The number of likely N-dealkylation sites (tertiary alicyclic amines) is 1. The summed E-state index contributed by atoms with van der Waals surface area (Å²) in [7, 11) is 0. The van der Waals surface area contributed by atoms with E-state index in [1.165, 1.54) is 0 Å². The lowest BCUT2D eigenvalue weighted by Crippen LogP contribution is -2.37. The molecule has 1 saturated heterocycles. The third-order valence-electron chi connectivity index (χ3n) is 5.00. The molecule has 1 amide bonds. The van der Waals surface area contributed by atoms with Crippen LogP contribution in [0.5, 0.6) is 0 Å². The molecule has 2 N–H and O–H groups in total. The predicted octanol–water partition coefficient (Wildman–Crippen LogP) is 3.02. The molecule has 0 aromatic heterocycles. The molecule has 5 nitrogen and oxygen atoms in total. The normalized spacial score (nSPS) is 19.2. The quantitative estimate of drug-likeness (QED) is 0.672. The zero-order chi connectivity index (χ0) is 17.5. The minimum atomic E-state index is -0.426. The molecular formula is C18H36N2O3. The molecule has 5 heteroatoms. The number of nitrogens with one attached hydrogen (secondary N) is 1. The van der Waals surface area contributed by atoms with E-state index in [-0.39, 0.29) is 18.1 Å². The number of aliphatic hydroxyl groups is 1. The Morgan fingerprint density at radius 3 is 2.48 bits per heavy atom. The van der Waals surface area contributed by atoms with Crippen molar-refractivity contribution in [2.75, 3.05) is 32.8 Å². The van der Waals surface area contributed by atoms with Crippen molar-refractivity contribution in [2.24, 2.45) is 11.3 Å². The highest BCUT2D eigenvalue weighted by molar-refractivity contribution is 5.68. The van der Waals surface area contributed by atoms with E-state index < -0.39 is 5.60 Å². The Hall–Kier alpha value is -0.810. The molecule has 0 radical (unpaired) electrons. The number of ether oxygens (including phenoxy) is 1. The Kier molecular flexibility index (Phi) is 7.81. The molecule has 136 valence electrons. The third kappa shape index (κ3) is 6.68. The summed E-state index contributed by atoms with van der Waals surface area (Å²) in [4.78, 5) is 13.9. The highest BCUT2D eigenvalue weighted by Crippen LogP contribution is 2.25. The van der Waals surface area contributed by atoms with Gasteiger partial charge < -0.3 is 20.1 Å². The van der Waals surface area contributed by atoms with Gasteiger partial charge in [0.15, 0.2) is 0 Å². The molecule has 1 aliphatic rings. The first kappa shape index (κ1) is 20.2. The van der Waals surface area contributed by atoms with Gasteiger partial charge in [0.05, 0.1) is 0 Å². The second-order valence-corrected chi connectivity index (χ2v) is 7.91. The first-order valence-corrected chi connectivity index (χ1v) is 9.04. The number of carbonyl (C=O) groups is 1. The predicted molar refractivity (Wildman–Crippen MR) is 93.5 cm³/mol. The Bertz CT molecular complexity index is 354. The van der Waals surface area contributed by atoms with Crippen LogP contribution in [-0.4, -0.2) is 54.5 Å². The van der Waals surface area contributed by atoms with Crippen molar-refractivity contribution in [3.63, 3.8) is 0 Å². The number of rotatable bonds is 8. The van der Waals surface area contributed by atoms with E-state index in [0.29, 0.717) is 5.92 Å². The molecule has 1 aliphatic heterocycles. The molecule has 0 bridgehead atoms. The van der Waals surface area contributed by atoms with Gasteiger partial charge in [-0.3, -0.25) is 0 Å². The van der Waals surface area contributed by atoms with Gasteiger partial charge in [-0.1, -0.05) is 13.8 Å². The maximum Gasteiger partial charge on any atom is 0.410 e. The third-order valence-corrected chi connectivity index (χ3v) is 5.00. The van der Waals surface area contributed by atoms with Crippen LogP contribution in [0.25, 0.3) is 0 Å². The SMILES string of the molecule is CCC(CC)(CO)CNCCC1CCN(C(=O)OC(C)(C)C)C1. The van der Waals surface area contributed by atoms with Crippen LogP contribution in [0.2, 0.25) is 0 Å². The van der Waals surface area contributed by atoms with E-state index in [1.54, 1.807) is 0 Å². The smallest absolute Gasteiger partial charge is 0.410 e. The molecule has 1 rings (SSSR count). The number of hydrogen-bond acceptors (Lipinski definition) is 4. The van der Waals surface area contributed by atoms with E-state index >= 15 is 0 Å². The molecule has 1 unspecified atom stereocenters. The number of aliphatic hydroxyl groups excluding tert-OH is 1. The maximum atomic E-state index is 12.0. The van der Waals surface area contributed by atoms with Crippen molar-refractivity contribution < 1.29 is 14.6 Å². The summed E-state index contributed by atoms with van der Waals surface area (Å²) in [5.74, 6) is 0.543. The van der Waals surface area contributed by atoms with Crippen molar-refractivity contribution in [2.45, 2.75) is 65.9 Å². The van der Waals surface area contributed by atoms with Gasteiger partial charge in [0.25, 0.3) is 0 Å². The van der Waals surface area contributed by atoms with Crippen LogP contribution in [0.15, 0.2) is 0 Å². The lowest BCUT2D eigenvalue weighted by atomic mass is 9.83. The van der Waals surface area contributed by atoms with Crippen LogP contribution in [0.4, 0.5) is 4.79 Å². The van der Waals surface area contributed by atoms with Gasteiger partial charge in [-0.25, -0.2) is 4.79 Å². The van der Waals surface area contributed by atoms with Crippen molar-refractivity contribution >= 4 is 6.09 Å². The van der Waals surface area contributed by atoms with Crippen LogP contribution in [0.1, 0.15) is 60.3 Å². The number of nitrogens with zero attached hydrogens (tertiary/aromatic N) is 1. The largest absolute Gasteiger partial charge is 0.444 e. The lowest BCUT2D eigenvalue weighted by Gasteiger charge is -2.30. The number of hydrogen-bond donors (Lipinski definition) is 2. The monoisotopic (exact) mass is 328 g/mol. The number of carbonyl (C=O) groups excluding carboxylic acids is 1. The first-order chi connectivity index (χ1) is 10.7. The molecule has 0 aromatic rings. The zero-order valence-corrected chi connectivity index (χ0v) is 15.7. The molecule has 1 fully saturated rings. The van der Waals surface area contributed by atoms with Gasteiger partial charge in [0.1, 0.15) is 5.60 Å². The van der Waals surface area contributed by atoms with Crippen LogP contribution >= 0.6 is 0 Å². The summed E-state index contributed by atoms with van der Waals surface area (Å²) in [5, 5.41) is 13.1. The topological polar surface area (TPSA) is 61.8 Å². The van der Waals surface area contributed by atoms with Crippen molar-refractivity contribution in [3.8, 4) is 0 Å². The average molecular weight is 328 g/mol. The average Bonchev–Trinajstić information content (AvgIpc) is 2.96. The van der Waals surface area contributed by atoms with E-state index in [1.807, 2.05) is 25.7 Å². The fourth-order valence-electron chi connectivity index (χ4n) is 3.00. The van der Waals surface area contributed by atoms with E-state index in [9.17, 15) is 9.90 Å². The van der Waals surface area contributed by atoms with E-state index in [2.05, 4.69) is 19.2 Å². The van der Waals surface area contributed by atoms with Gasteiger partial charge in [-0.2, -0.15) is 0 Å². The number of amides is 1. The van der Waals surface area contributed by atoms with Crippen molar-refractivity contribution in [1.29, 1.82) is 0 Å². The van der Waals surface area contributed by atoms with Crippen LogP contribution in [0, 0.1) is 11.3 Å². The van der Waals surface area contributed by atoms with Crippen LogP contribution in [0.3, 0.4) is 0 Å². The van der Waals surface area contributed by atoms with E-state index in [4.69, 9.17) is 4.74 Å². The summed E-state index contributed by atoms with van der Waals surface area (Å²) in [5.41, 5.74) is -0.414. The standard InChI is InChI=1S/C18H36N2O3/c1-6-18(7-2,14-21)13-19-10-8-15-9-11-20(12-15)16(22)23-17(3,4)5/h15,19,21H,6-14H2,1-5H3. The fraction of sp³-hybridized carbons (Fsp3) is 0.944. The molecular weight excluding hydrogens is 292 g/mol. The van der Waals surface area contributed by atoms with Gasteiger partial charge in [-0.05, 0) is 58.9 Å². The maximum absolute atomic E-state index is 12.0. The van der Waals surface area contributed by atoms with Gasteiger partial charge >= 0.3 is 6.09 Å². The Morgan fingerprint density at radius 1 is 1.30 bits per heavy atom. The van der Waals surface area contributed by atoms with Crippen molar-refractivity contribution in [3.05, 3.63) is 0 Å². The summed E-state index contributed by atoms with van der Waals surface area (Å²) in [6.07, 6.45) is 3.90. The summed E-state index contributed by atoms with van der Waals surface area (Å²) in [6.45, 7) is 13.6. The summed E-state index contributed by atoms with van der Waals surface area (Å²) in [6, 6.07) is 0. The van der Waals surface area contributed by atoms with Crippen LogP contribution < -0.4 is 5.32 Å². The van der Waals surface area contributed by atoms with Gasteiger partial charge in [0.2, 0.25) is 0 Å². The molecule has 1 heterocycles. The second kappa shape index (κ2) is 8.88. The summed E-state index contributed by atoms with van der Waals surface area (Å²) >= 11 is 0. The Balaban J connectivity index is 2.27. The highest BCUT2D eigenvalue weighted by atomic mass is 16.6. The van der Waals surface area contributed by atoms with Crippen molar-refractivity contribution in [1.82, 2.24) is 10.2 Å². The minimum absolute atomic E-state index is 0.0121. The van der Waals surface area contributed by atoms with Gasteiger partial charge in [0, 0.05) is 31.7 Å². The summed E-state index contributed by atoms with van der Waals surface area (Å²) < 4.78 is 5.43. The second-order valence-electron chi connectivity index (χ2n) is 7.91. The Labute approximate surface area is 141 Å². The molecule has 0 saturated carbocycles. The zero-order valence-electron chi connectivity index (χ0n) is 15.7. The van der Waals surface area contributed by atoms with Crippen LogP contribution in [-0.2, 0) is 4.74 Å². The molecule has 1 atom stereocenters. The fourth-order valence-corrected chi connectivity index (χ4v) is 3.00. The van der Waals surface area contributed by atoms with E-state index in [0.717, 1.165) is 51.9 Å². The molecule has 0 aliphatic carbocycles. The highest BCUT2D eigenvalue weighted by Gasteiger charge is 2.30.